The Labute approximate surface area is 225 Å². The summed E-state index contributed by atoms with van der Waals surface area (Å²) in [5.41, 5.74) is 0.606. The fraction of sp³-hybridized carbons (Fsp3) is 0.607. The van der Waals surface area contributed by atoms with Gasteiger partial charge in [-0.15, -0.1) is 0 Å². The van der Waals surface area contributed by atoms with E-state index in [4.69, 9.17) is 4.74 Å². The first-order valence-electron chi connectivity index (χ1n) is 13.4. The van der Waals surface area contributed by atoms with Crippen molar-refractivity contribution in [2.24, 2.45) is 0 Å². The number of anilines is 1. The van der Waals surface area contributed by atoms with Gasteiger partial charge in [0, 0.05) is 25.8 Å². The highest BCUT2D eigenvalue weighted by Crippen LogP contribution is 2.31. The zero-order valence-corrected chi connectivity index (χ0v) is 23.3. The van der Waals surface area contributed by atoms with Gasteiger partial charge in [0.15, 0.2) is 0 Å². The number of rotatable bonds is 15. The third-order valence-electron chi connectivity index (χ3n) is 6.26. The second kappa shape index (κ2) is 14.5. The highest BCUT2D eigenvalue weighted by atomic mass is 16.6. The molecule has 2 N–H and O–H groups in total. The largest absolute Gasteiger partial charge is 0.444 e. The molecular formula is C28H42N4O6. The molecule has 38 heavy (non-hydrogen) atoms. The van der Waals surface area contributed by atoms with Gasteiger partial charge in [-0.25, -0.2) is 4.79 Å². The second-order valence-corrected chi connectivity index (χ2v) is 10.6. The molecule has 1 heterocycles. The number of unbranched alkanes of at least 4 members (excludes halogenated alkanes) is 5. The number of nitrogens with one attached hydrogen (secondary N) is 2. The molecule has 10 nitrogen and oxygen atoms in total. The maximum absolute atomic E-state index is 13.2. The van der Waals surface area contributed by atoms with Crippen molar-refractivity contribution >= 4 is 35.9 Å². The van der Waals surface area contributed by atoms with Crippen LogP contribution in [0.25, 0.3) is 0 Å². The zero-order chi connectivity index (χ0) is 28.3. The second-order valence-electron chi connectivity index (χ2n) is 10.6. The lowest BCUT2D eigenvalue weighted by atomic mass is 10.1. The van der Waals surface area contributed by atoms with Crippen molar-refractivity contribution in [3.05, 3.63) is 29.3 Å². The summed E-state index contributed by atoms with van der Waals surface area (Å²) in [6.07, 6.45) is 6.76. The van der Waals surface area contributed by atoms with Crippen LogP contribution in [0.15, 0.2) is 18.2 Å². The van der Waals surface area contributed by atoms with Crippen LogP contribution in [-0.2, 0) is 14.3 Å². The van der Waals surface area contributed by atoms with Gasteiger partial charge in [0.1, 0.15) is 11.6 Å². The van der Waals surface area contributed by atoms with Crippen molar-refractivity contribution in [3.8, 4) is 0 Å². The average molecular weight is 531 g/mol. The van der Waals surface area contributed by atoms with Gasteiger partial charge in [-0.1, -0.05) is 45.1 Å². The summed E-state index contributed by atoms with van der Waals surface area (Å²) in [5.74, 6) is -1.71. The molecule has 210 valence electrons. The molecule has 0 saturated heterocycles. The molecule has 5 amide bonds. The number of imide groups is 2. The molecule has 2 rings (SSSR count). The first-order valence-corrected chi connectivity index (χ1v) is 13.4. The number of nitrogens with zero attached hydrogens (tertiary/aromatic N) is 2. The number of ether oxygens (including phenoxy) is 1. The smallest absolute Gasteiger partial charge is 0.410 e. The Balaban J connectivity index is 1.79. The number of fused-ring (bicyclic) bond motifs is 1. The van der Waals surface area contributed by atoms with Crippen LogP contribution in [0.2, 0.25) is 0 Å². The third kappa shape index (κ3) is 8.56. The minimum Gasteiger partial charge on any atom is -0.444 e. The van der Waals surface area contributed by atoms with Crippen LogP contribution in [0.4, 0.5) is 10.5 Å². The number of benzene rings is 1. The van der Waals surface area contributed by atoms with Crippen molar-refractivity contribution < 1.29 is 28.7 Å². The molecule has 10 heteroatoms. The lowest BCUT2D eigenvalue weighted by Gasteiger charge is -2.24. The van der Waals surface area contributed by atoms with E-state index >= 15 is 0 Å². The monoisotopic (exact) mass is 530 g/mol. The minimum absolute atomic E-state index is 0.261. The fourth-order valence-electron chi connectivity index (χ4n) is 4.37. The van der Waals surface area contributed by atoms with E-state index in [0.29, 0.717) is 25.2 Å². The Morgan fingerprint density at radius 2 is 1.71 bits per heavy atom. The molecule has 0 bridgehead atoms. The van der Waals surface area contributed by atoms with Gasteiger partial charge in [-0.05, 0) is 52.2 Å². The molecule has 0 radical (unpaired) electrons. The van der Waals surface area contributed by atoms with E-state index in [-0.39, 0.29) is 30.1 Å². The van der Waals surface area contributed by atoms with Crippen LogP contribution in [0, 0.1) is 0 Å². The summed E-state index contributed by atoms with van der Waals surface area (Å²) >= 11 is 0. The predicted molar refractivity (Wildman–Crippen MR) is 145 cm³/mol. The Kier molecular flexibility index (Phi) is 11.7. The highest BCUT2D eigenvalue weighted by Gasteiger charge is 2.43. The summed E-state index contributed by atoms with van der Waals surface area (Å²) in [4.78, 5) is 63.9. The summed E-state index contributed by atoms with van der Waals surface area (Å²) in [5, 5.41) is 5.35. The Bertz CT molecular complexity index is 1000. The summed E-state index contributed by atoms with van der Waals surface area (Å²) < 4.78 is 5.35. The van der Waals surface area contributed by atoms with Gasteiger partial charge in [0.2, 0.25) is 12.3 Å². The Morgan fingerprint density at radius 1 is 1.05 bits per heavy atom. The van der Waals surface area contributed by atoms with Crippen LogP contribution in [0.3, 0.4) is 0 Å². The lowest BCUT2D eigenvalue weighted by molar-refractivity contribution is -0.128. The van der Waals surface area contributed by atoms with Gasteiger partial charge in [0.25, 0.3) is 11.8 Å². The standard InChI is InChI=1S/C28H42N4O6/c1-6-14-22(24(34)30-19-33)32-25(35)20-15-13-16-21(23(20)26(32)36)29-17-11-9-7-8-10-12-18-31(5)27(37)38-28(2,3)4/h13,15-16,19,22,29H,6-12,14,17-18H2,1-5H3,(H,30,33,34). The SMILES string of the molecule is CCCC(C(=O)NC=O)N1C(=O)c2cccc(NCCCCCCCCN(C)C(=O)OC(C)(C)C)c2C1=O. The highest BCUT2D eigenvalue weighted by molar-refractivity contribution is 6.25. The quantitative estimate of drug-likeness (QED) is 0.196. The van der Waals surface area contributed by atoms with Crippen LogP contribution >= 0.6 is 0 Å². The molecule has 0 saturated carbocycles. The topological polar surface area (TPSA) is 125 Å². The molecule has 1 aromatic carbocycles. The fourth-order valence-corrected chi connectivity index (χ4v) is 4.37. The van der Waals surface area contributed by atoms with Crippen molar-refractivity contribution in [1.29, 1.82) is 0 Å². The first kappa shape index (κ1) is 30.8. The number of hydrogen-bond acceptors (Lipinski definition) is 7. The lowest BCUT2D eigenvalue weighted by Crippen LogP contribution is -2.49. The van der Waals surface area contributed by atoms with Crippen LogP contribution < -0.4 is 10.6 Å². The average Bonchev–Trinajstić information content (AvgIpc) is 3.10. The van der Waals surface area contributed by atoms with E-state index < -0.39 is 29.4 Å². The number of amides is 5. The van der Waals surface area contributed by atoms with Crippen molar-refractivity contribution in [2.75, 3.05) is 25.5 Å². The maximum Gasteiger partial charge on any atom is 0.410 e. The van der Waals surface area contributed by atoms with E-state index in [1.165, 1.54) is 0 Å². The molecule has 1 aliphatic rings. The van der Waals surface area contributed by atoms with Crippen LogP contribution in [0.1, 0.15) is 99.8 Å². The molecule has 0 aromatic heterocycles. The van der Waals surface area contributed by atoms with Gasteiger partial charge in [-0.2, -0.15) is 0 Å². The third-order valence-corrected chi connectivity index (χ3v) is 6.26. The normalized spacial score (nSPS) is 13.7. The minimum atomic E-state index is -1.03. The maximum atomic E-state index is 13.2. The molecule has 1 aromatic rings. The Morgan fingerprint density at radius 3 is 2.34 bits per heavy atom. The van der Waals surface area contributed by atoms with Crippen molar-refractivity contribution in [3.63, 3.8) is 0 Å². The molecular weight excluding hydrogens is 488 g/mol. The first-order chi connectivity index (χ1) is 18.0. The van der Waals surface area contributed by atoms with E-state index in [1.54, 1.807) is 30.1 Å². The van der Waals surface area contributed by atoms with Gasteiger partial charge in [0.05, 0.1) is 11.1 Å². The molecule has 1 aliphatic heterocycles. The van der Waals surface area contributed by atoms with Crippen molar-refractivity contribution in [2.45, 2.75) is 90.7 Å². The van der Waals surface area contributed by atoms with E-state index in [0.717, 1.165) is 43.4 Å². The van der Waals surface area contributed by atoms with Gasteiger partial charge in [-0.3, -0.25) is 29.4 Å². The van der Waals surface area contributed by atoms with E-state index in [9.17, 15) is 24.0 Å². The van der Waals surface area contributed by atoms with Crippen molar-refractivity contribution in [1.82, 2.24) is 15.1 Å². The Hall–Kier alpha value is -3.43. The number of carbonyl (C=O) groups is 5. The molecule has 0 aliphatic carbocycles. The molecule has 0 fully saturated rings. The van der Waals surface area contributed by atoms with Crippen LogP contribution in [-0.4, -0.2) is 71.8 Å². The number of hydrogen-bond donors (Lipinski definition) is 2. The van der Waals surface area contributed by atoms with Gasteiger partial charge < -0.3 is 15.0 Å². The molecule has 1 unspecified atom stereocenters. The summed E-state index contributed by atoms with van der Waals surface area (Å²) in [7, 11) is 1.75. The van der Waals surface area contributed by atoms with Crippen LogP contribution in [0.5, 0.6) is 0 Å². The summed E-state index contributed by atoms with van der Waals surface area (Å²) in [6.45, 7) is 8.70. The number of carbonyl (C=O) groups excluding carboxylic acids is 5. The predicted octanol–water partition coefficient (Wildman–Crippen LogP) is 4.34. The van der Waals surface area contributed by atoms with E-state index in [2.05, 4.69) is 10.6 Å². The summed E-state index contributed by atoms with van der Waals surface area (Å²) in [6, 6.07) is 4.02. The van der Waals surface area contributed by atoms with Gasteiger partial charge >= 0.3 is 6.09 Å². The zero-order valence-electron chi connectivity index (χ0n) is 23.3. The molecule has 1 atom stereocenters. The van der Waals surface area contributed by atoms with E-state index in [1.807, 2.05) is 27.7 Å². The molecule has 0 spiro atoms.